The van der Waals surface area contributed by atoms with Crippen molar-refractivity contribution in [2.75, 3.05) is 0 Å². The number of Topliss-reactive ketones (excluding diaryl/α,β-unsaturated/α-hetero) is 1. The molecule has 0 bridgehead atoms. The van der Waals surface area contributed by atoms with E-state index in [1.165, 1.54) is 11.8 Å². The van der Waals surface area contributed by atoms with Crippen LogP contribution >= 0.6 is 11.8 Å². The molecule has 0 saturated carbocycles. The maximum Gasteiger partial charge on any atom is 0.263 e. The minimum Gasteiger partial charge on any atom is -0.293 e. The van der Waals surface area contributed by atoms with Gasteiger partial charge in [0.25, 0.3) is 5.56 Å². The molecule has 0 radical (unpaired) electrons. The average molecular weight is 441 g/mol. The number of carbonyl (C=O) groups excluding carboxylic acids is 1. The largest absolute Gasteiger partial charge is 0.293 e. The molecular weight excluding hydrogens is 420 g/mol. The molecule has 0 N–H and O–H groups in total. The van der Waals surface area contributed by atoms with E-state index in [4.69, 9.17) is 0 Å². The number of hydrogen-bond acceptors (Lipinski definition) is 5. The number of hydrogen-bond donors (Lipinski definition) is 0. The fraction of sp³-hybridized carbons (Fsp3) is 0.120. The summed E-state index contributed by atoms with van der Waals surface area (Å²) in [5, 5.41) is 9.52. The summed E-state index contributed by atoms with van der Waals surface area (Å²) in [7, 11) is 0. The summed E-state index contributed by atoms with van der Waals surface area (Å²) < 4.78 is 3.51. The van der Waals surface area contributed by atoms with E-state index in [-0.39, 0.29) is 16.6 Å². The van der Waals surface area contributed by atoms with Crippen LogP contribution in [0.25, 0.3) is 16.7 Å². The first-order valence-electron chi connectivity index (χ1n) is 10.3. The van der Waals surface area contributed by atoms with Crippen LogP contribution in [0.1, 0.15) is 22.8 Å². The molecule has 7 heteroatoms. The van der Waals surface area contributed by atoms with E-state index in [1.54, 1.807) is 4.57 Å². The molecule has 0 fully saturated rings. The molecule has 0 aliphatic heterocycles. The third kappa shape index (κ3) is 3.61. The van der Waals surface area contributed by atoms with Gasteiger partial charge in [-0.3, -0.25) is 18.6 Å². The molecule has 3 aromatic carbocycles. The molecule has 6 nitrogen and oxygen atoms in total. The fourth-order valence-electron chi connectivity index (χ4n) is 3.77. The summed E-state index contributed by atoms with van der Waals surface area (Å²) in [5.74, 6) is 0.480. The standard InChI is InChI=1S/C25H20N4O2S/c1-17(22(30)19-12-6-3-7-13-19)32-25-27-26-24-28(16-18-10-4-2-5-11-18)23(31)20-14-8-9-15-21(20)29(24)25/h2-15,17H,16H2,1H3. The van der Waals surface area contributed by atoms with Gasteiger partial charge in [-0.15, -0.1) is 10.2 Å². The van der Waals surface area contributed by atoms with Crippen LogP contribution in [0.3, 0.4) is 0 Å². The van der Waals surface area contributed by atoms with Crippen LogP contribution in [0.2, 0.25) is 0 Å². The highest BCUT2D eigenvalue weighted by molar-refractivity contribution is 8.00. The van der Waals surface area contributed by atoms with Crippen molar-refractivity contribution in [3.05, 3.63) is 106 Å². The van der Waals surface area contributed by atoms with Crippen molar-refractivity contribution in [2.24, 2.45) is 0 Å². The van der Waals surface area contributed by atoms with Gasteiger partial charge in [0.1, 0.15) is 0 Å². The van der Waals surface area contributed by atoms with Crippen LogP contribution in [0, 0.1) is 0 Å². The minimum absolute atomic E-state index is 0.0225. The predicted octanol–water partition coefficient (Wildman–Crippen LogP) is 4.46. The lowest BCUT2D eigenvalue weighted by Crippen LogP contribution is -2.24. The van der Waals surface area contributed by atoms with Crippen molar-refractivity contribution in [1.82, 2.24) is 19.2 Å². The van der Waals surface area contributed by atoms with Gasteiger partial charge in [0, 0.05) is 5.56 Å². The normalized spacial score (nSPS) is 12.3. The van der Waals surface area contributed by atoms with Crippen LogP contribution in [0.15, 0.2) is 94.9 Å². The van der Waals surface area contributed by atoms with Gasteiger partial charge in [0.2, 0.25) is 5.78 Å². The van der Waals surface area contributed by atoms with Gasteiger partial charge in [-0.05, 0) is 24.6 Å². The van der Waals surface area contributed by atoms with Gasteiger partial charge >= 0.3 is 0 Å². The second kappa shape index (κ2) is 8.43. The Morgan fingerprint density at radius 1 is 0.906 bits per heavy atom. The Morgan fingerprint density at radius 2 is 1.56 bits per heavy atom. The predicted molar refractivity (Wildman–Crippen MR) is 126 cm³/mol. The smallest absolute Gasteiger partial charge is 0.263 e. The van der Waals surface area contributed by atoms with Crippen molar-refractivity contribution in [2.45, 2.75) is 23.9 Å². The van der Waals surface area contributed by atoms with Gasteiger partial charge in [-0.2, -0.15) is 0 Å². The Balaban J connectivity index is 1.62. The third-order valence-electron chi connectivity index (χ3n) is 5.37. The number of thioether (sulfide) groups is 1. The van der Waals surface area contributed by atoms with Crippen LogP contribution in [-0.2, 0) is 6.54 Å². The SMILES string of the molecule is CC(Sc1nnc2n(Cc3ccccc3)c(=O)c3ccccc3n12)C(=O)c1ccccc1. The van der Waals surface area contributed by atoms with Gasteiger partial charge in [-0.1, -0.05) is 84.6 Å². The van der Waals surface area contributed by atoms with E-state index in [0.717, 1.165) is 11.1 Å². The molecule has 158 valence electrons. The van der Waals surface area contributed by atoms with Gasteiger partial charge in [0.05, 0.1) is 22.7 Å². The van der Waals surface area contributed by atoms with Crippen molar-refractivity contribution in [3.63, 3.8) is 0 Å². The van der Waals surface area contributed by atoms with E-state index in [2.05, 4.69) is 10.2 Å². The van der Waals surface area contributed by atoms with Crippen LogP contribution in [-0.4, -0.2) is 30.2 Å². The minimum atomic E-state index is -0.363. The zero-order valence-corrected chi connectivity index (χ0v) is 18.2. The van der Waals surface area contributed by atoms with Gasteiger partial charge in [0.15, 0.2) is 10.9 Å². The lowest BCUT2D eigenvalue weighted by Gasteiger charge is -2.13. The summed E-state index contributed by atoms with van der Waals surface area (Å²) in [6.07, 6.45) is 0. The number of aromatic nitrogens is 4. The molecule has 0 saturated heterocycles. The van der Waals surface area contributed by atoms with Crippen LogP contribution in [0.4, 0.5) is 0 Å². The molecule has 5 rings (SSSR count). The zero-order chi connectivity index (χ0) is 22.1. The Hall–Kier alpha value is -3.71. The molecular formula is C25H20N4O2S. The van der Waals surface area contributed by atoms with Crippen molar-refractivity contribution >= 4 is 34.2 Å². The fourth-order valence-corrected chi connectivity index (χ4v) is 4.70. The summed E-state index contributed by atoms with van der Waals surface area (Å²) >= 11 is 1.34. The second-order valence-corrected chi connectivity index (χ2v) is 8.81. The highest BCUT2D eigenvalue weighted by Gasteiger charge is 2.22. The van der Waals surface area contributed by atoms with E-state index in [0.29, 0.717) is 28.4 Å². The number of fused-ring (bicyclic) bond motifs is 3. The maximum atomic E-state index is 13.3. The van der Waals surface area contributed by atoms with Crippen LogP contribution in [0.5, 0.6) is 0 Å². The number of para-hydroxylation sites is 1. The molecule has 5 aromatic rings. The van der Waals surface area contributed by atoms with Gasteiger partial charge < -0.3 is 0 Å². The lowest BCUT2D eigenvalue weighted by atomic mass is 10.1. The summed E-state index contributed by atoms with van der Waals surface area (Å²) in [6, 6.07) is 26.4. The molecule has 0 aliphatic rings. The summed E-state index contributed by atoms with van der Waals surface area (Å²) in [4.78, 5) is 26.2. The average Bonchev–Trinajstić information content (AvgIpc) is 3.26. The first kappa shape index (κ1) is 20.2. The lowest BCUT2D eigenvalue weighted by molar-refractivity contribution is 0.0994. The first-order chi connectivity index (χ1) is 15.6. The highest BCUT2D eigenvalue weighted by atomic mass is 32.2. The molecule has 0 amide bonds. The quantitative estimate of drug-likeness (QED) is 0.288. The molecule has 2 aromatic heterocycles. The van der Waals surface area contributed by atoms with E-state index in [1.807, 2.05) is 96.3 Å². The monoisotopic (exact) mass is 440 g/mol. The highest BCUT2D eigenvalue weighted by Crippen LogP contribution is 2.27. The van der Waals surface area contributed by atoms with Crippen LogP contribution < -0.4 is 5.56 Å². The number of rotatable bonds is 6. The second-order valence-electron chi connectivity index (χ2n) is 7.50. The topological polar surface area (TPSA) is 69.3 Å². The number of ketones is 1. The summed E-state index contributed by atoms with van der Waals surface area (Å²) in [5.41, 5.74) is 2.27. The molecule has 0 aliphatic carbocycles. The zero-order valence-electron chi connectivity index (χ0n) is 17.4. The van der Waals surface area contributed by atoms with Crippen molar-refractivity contribution in [1.29, 1.82) is 0 Å². The van der Waals surface area contributed by atoms with Crippen molar-refractivity contribution in [3.8, 4) is 0 Å². The molecule has 0 spiro atoms. The van der Waals surface area contributed by atoms with Crippen molar-refractivity contribution < 1.29 is 4.79 Å². The molecule has 2 heterocycles. The maximum absolute atomic E-state index is 13.3. The Morgan fingerprint density at radius 3 is 2.31 bits per heavy atom. The molecule has 1 atom stereocenters. The van der Waals surface area contributed by atoms with Gasteiger partial charge in [-0.25, -0.2) is 0 Å². The van der Waals surface area contributed by atoms with E-state index in [9.17, 15) is 9.59 Å². The molecule has 32 heavy (non-hydrogen) atoms. The Kier molecular flexibility index (Phi) is 5.33. The number of benzene rings is 3. The number of nitrogens with zero attached hydrogens (tertiary/aromatic N) is 4. The number of carbonyl (C=O) groups is 1. The van der Waals surface area contributed by atoms with E-state index >= 15 is 0 Å². The Bertz CT molecular complexity index is 1480. The van der Waals surface area contributed by atoms with E-state index < -0.39 is 0 Å². The summed E-state index contributed by atoms with van der Waals surface area (Å²) in [6.45, 7) is 2.25. The third-order valence-corrected chi connectivity index (χ3v) is 6.41. The first-order valence-corrected chi connectivity index (χ1v) is 11.2. The Labute approximate surface area is 188 Å². The molecule has 1 unspecified atom stereocenters.